The molecule has 0 atom stereocenters. The van der Waals surface area contributed by atoms with Crippen LogP contribution >= 0.6 is 0 Å². The summed E-state index contributed by atoms with van der Waals surface area (Å²) in [4.78, 5) is 17.9. The number of carbonyl (C=O) groups is 1. The molecule has 0 radical (unpaired) electrons. The lowest BCUT2D eigenvalue weighted by Crippen LogP contribution is -2.23. The summed E-state index contributed by atoms with van der Waals surface area (Å²) in [7, 11) is 0. The van der Waals surface area contributed by atoms with E-state index in [1.807, 2.05) is 43.5 Å². The molecule has 0 aliphatic carbocycles. The molecule has 3 heterocycles. The molecular formula is C25H20FN5O2. The Labute approximate surface area is 188 Å². The topological polar surface area (TPSA) is 85.8 Å². The Balaban J connectivity index is 1.58. The van der Waals surface area contributed by atoms with Gasteiger partial charge in [0.1, 0.15) is 11.5 Å². The summed E-state index contributed by atoms with van der Waals surface area (Å²) in [5, 5.41) is 11.9. The van der Waals surface area contributed by atoms with Crippen LogP contribution in [-0.2, 0) is 13.1 Å². The van der Waals surface area contributed by atoms with Crippen molar-refractivity contribution in [2.24, 2.45) is 0 Å². The number of hydrogen-bond acceptors (Lipinski definition) is 5. The van der Waals surface area contributed by atoms with Crippen molar-refractivity contribution in [3.8, 4) is 22.5 Å². The molecule has 1 amide bonds. The van der Waals surface area contributed by atoms with E-state index in [4.69, 9.17) is 4.52 Å². The van der Waals surface area contributed by atoms with Crippen LogP contribution in [-0.4, -0.2) is 25.8 Å². The molecule has 0 saturated carbocycles. The summed E-state index contributed by atoms with van der Waals surface area (Å²) < 4.78 is 20.8. The SMILES string of the molecule is CCn1cc(CNC(=O)c2cc(-c3ccc(F)cc3)nc3onc(-c4ccccc4)c23)cn1. The summed E-state index contributed by atoms with van der Waals surface area (Å²) in [5.74, 6) is -0.646. The van der Waals surface area contributed by atoms with E-state index in [-0.39, 0.29) is 17.4 Å². The second kappa shape index (κ2) is 8.66. The van der Waals surface area contributed by atoms with E-state index in [1.165, 1.54) is 12.1 Å². The van der Waals surface area contributed by atoms with Gasteiger partial charge in [-0.15, -0.1) is 0 Å². The number of hydrogen-bond donors (Lipinski definition) is 1. The Morgan fingerprint density at radius 3 is 2.61 bits per heavy atom. The van der Waals surface area contributed by atoms with Crippen LogP contribution in [0.2, 0.25) is 0 Å². The highest BCUT2D eigenvalue weighted by atomic mass is 19.1. The van der Waals surface area contributed by atoms with Gasteiger partial charge < -0.3 is 9.84 Å². The van der Waals surface area contributed by atoms with Crippen molar-refractivity contribution in [3.05, 3.63) is 90.0 Å². The van der Waals surface area contributed by atoms with Crippen molar-refractivity contribution in [2.45, 2.75) is 20.0 Å². The van der Waals surface area contributed by atoms with Crippen molar-refractivity contribution >= 4 is 17.0 Å². The number of pyridine rings is 1. The first-order valence-corrected chi connectivity index (χ1v) is 10.5. The molecule has 5 aromatic rings. The molecule has 0 saturated heterocycles. The van der Waals surface area contributed by atoms with E-state index < -0.39 is 0 Å². The van der Waals surface area contributed by atoms with Crippen LogP contribution in [0.4, 0.5) is 4.39 Å². The average Bonchev–Trinajstić information content (AvgIpc) is 3.50. The predicted octanol–water partition coefficient (Wildman–Crippen LogP) is 4.84. The number of halogens is 1. The second-order valence-corrected chi connectivity index (χ2v) is 7.53. The molecule has 0 aliphatic heterocycles. The standard InChI is InChI=1S/C25H20FN5O2/c1-2-31-15-16(14-28-31)13-27-24(32)20-12-21(17-8-10-19(26)11-9-17)29-25-22(20)23(30-33-25)18-6-4-3-5-7-18/h3-12,14-15H,2,13H2,1H3,(H,27,32). The highest BCUT2D eigenvalue weighted by Crippen LogP contribution is 2.32. The van der Waals surface area contributed by atoms with Gasteiger partial charge in [-0.2, -0.15) is 5.10 Å². The smallest absolute Gasteiger partial charge is 0.259 e. The zero-order valence-electron chi connectivity index (χ0n) is 17.8. The van der Waals surface area contributed by atoms with Crippen LogP contribution in [0.25, 0.3) is 33.6 Å². The van der Waals surface area contributed by atoms with Crippen molar-refractivity contribution in [2.75, 3.05) is 0 Å². The van der Waals surface area contributed by atoms with E-state index in [0.29, 0.717) is 34.4 Å². The summed E-state index contributed by atoms with van der Waals surface area (Å²) in [6.45, 7) is 3.07. The van der Waals surface area contributed by atoms with Gasteiger partial charge in [-0.3, -0.25) is 9.48 Å². The number of rotatable bonds is 6. The first kappa shape index (κ1) is 20.6. The van der Waals surface area contributed by atoms with Crippen LogP contribution in [0.1, 0.15) is 22.8 Å². The van der Waals surface area contributed by atoms with Crippen molar-refractivity contribution < 1.29 is 13.7 Å². The number of nitrogens with zero attached hydrogens (tertiary/aromatic N) is 4. The van der Waals surface area contributed by atoms with Crippen molar-refractivity contribution in [3.63, 3.8) is 0 Å². The molecule has 0 aliphatic rings. The largest absolute Gasteiger partial charge is 0.348 e. The van der Waals surface area contributed by atoms with Gasteiger partial charge in [0.05, 0.1) is 22.8 Å². The number of amides is 1. The average molecular weight is 441 g/mol. The Kier molecular flexibility index (Phi) is 5.40. The Morgan fingerprint density at radius 1 is 1.09 bits per heavy atom. The van der Waals surface area contributed by atoms with Crippen molar-refractivity contribution in [1.82, 2.24) is 25.2 Å². The third-order valence-corrected chi connectivity index (χ3v) is 5.34. The fraction of sp³-hybridized carbons (Fsp3) is 0.120. The van der Waals surface area contributed by atoms with Crippen LogP contribution in [0.5, 0.6) is 0 Å². The predicted molar refractivity (Wildman–Crippen MR) is 122 cm³/mol. The minimum absolute atomic E-state index is 0.236. The summed E-state index contributed by atoms with van der Waals surface area (Å²) in [5.41, 5.74) is 4.00. The maximum Gasteiger partial charge on any atom is 0.259 e. The molecule has 5 rings (SSSR count). The Hall–Kier alpha value is -4.33. The fourth-order valence-corrected chi connectivity index (χ4v) is 3.64. The lowest BCUT2D eigenvalue weighted by Gasteiger charge is -2.08. The first-order valence-electron chi connectivity index (χ1n) is 10.5. The maximum atomic E-state index is 13.4. The van der Waals surface area contributed by atoms with E-state index in [2.05, 4.69) is 20.6 Å². The minimum Gasteiger partial charge on any atom is -0.348 e. The van der Waals surface area contributed by atoms with Crippen LogP contribution < -0.4 is 5.32 Å². The summed E-state index contributed by atoms with van der Waals surface area (Å²) in [6.07, 6.45) is 3.62. The summed E-state index contributed by atoms with van der Waals surface area (Å²) >= 11 is 0. The number of aryl methyl sites for hydroxylation is 1. The molecule has 0 unspecified atom stereocenters. The molecule has 164 valence electrons. The molecule has 0 fully saturated rings. The van der Waals surface area contributed by atoms with Gasteiger partial charge in [0, 0.05) is 36.0 Å². The van der Waals surface area contributed by atoms with E-state index in [9.17, 15) is 9.18 Å². The minimum atomic E-state index is -0.351. The lowest BCUT2D eigenvalue weighted by atomic mass is 10.0. The summed E-state index contributed by atoms with van der Waals surface area (Å²) in [6, 6.07) is 17.1. The van der Waals surface area contributed by atoms with Gasteiger partial charge in [0.15, 0.2) is 0 Å². The maximum absolute atomic E-state index is 13.4. The normalized spacial score (nSPS) is 11.1. The quantitative estimate of drug-likeness (QED) is 0.407. The van der Waals surface area contributed by atoms with E-state index >= 15 is 0 Å². The van der Waals surface area contributed by atoms with Gasteiger partial charge in [0.25, 0.3) is 11.6 Å². The zero-order valence-corrected chi connectivity index (χ0v) is 17.8. The molecule has 0 spiro atoms. The lowest BCUT2D eigenvalue weighted by molar-refractivity contribution is 0.0952. The second-order valence-electron chi connectivity index (χ2n) is 7.53. The van der Waals surface area contributed by atoms with Gasteiger partial charge in [-0.05, 0) is 37.3 Å². The number of fused-ring (bicyclic) bond motifs is 1. The number of carbonyl (C=O) groups excluding carboxylic acids is 1. The third kappa shape index (κ3) is 4.10. The molecule has 1 N–H and O–H groups in total. The molecule has 2 aromatic carbocycles. The van der Waals surface area contributed by atoms with E-state index in [0.717, 1.165) is 17.7 Å². The first-order chi connectivity index (χ1) is 16.1. The molecule has 3 aromatic heterocycles. The van der Waals surface area contributed by atoms with Gasteiger partial charge in [0.2, 0.25) is 0 Å². The van der Waals surface area contributed by atoms with Gasteiger partial charge >= 0.3 is 0 Å². The van der Waals surface area contributed by atoms with E-state index in [1.54, 1.807) is 29.1 Å². The highest BCUT2D eigenvalue weighted by molar-refractivity contribution is 6.10. The van der Waals surface area contributed by atoms with Gasteiger partial charge in [-0.1, -0.05) is 35.5 Å². The highest BCUT2D eigenvalue weighted by Gasteiger charge is 2.22. The molecular weight excluding hydrogens is 421 g/mol. The monoisotopic (exact) mass is 441 g/mol. The molecule has 0 bridgehead atoms. The fourth-order valence-electron chi connectivity index (χ4n) is 3.64. The van der Waals surface area contributed by atoms with Crippen molar-refractivity contribution in [1.29, 1.82) is 0 Å². The number of aromatic nitrogens is 4. The third-order valence-electron chi connectivity index (χ3n) is 5.34. The van der Waals surface area contributed by atoms with Crippen LogP contribution in [0, 0.1) is 5.82 Å². The molecule has 33 heavy (non-hydrogen) atoms. The van der Waals surface area contributed by atoms with Crippen LogP contribution in [0.3, 0.4) is 0 Å². The number of benzene rings is 2. The molecule has 8 heteroatoms. The number of nitrogens with one attached hydrogen (secondary N) is 1. The Morgan fingerprint density at radius 2 is 1.88 bits per heavy atom. The molecule has 7 nitrogen and oxygen atoms in total. The van der Waals surface area contributed by atoms with Gasteiger partial charge in [-0.25, -0.2) is 9.37 Å². The Bertz CT molecular complexity index is 1420. The zero-order chi connectivity index (χ0) is 22.8. The van der Waals surface area contributed by atoms with Crippen LogP contribution in [0.15, 0.2) is 77.6 Å².